The molecule has 3 aromatic rings. The molecule has 1 saturated carbocycles. The fourth-order valence-electron chi connectivity index (χ4n) is 2.57. The molecule has 0 unspecified atom stereocenters. The molecular weight excluding hydrogens is 282 g/mol. The molecule has 0 spiro atoms. The lowest BCUT2D eigenvalue weighted by Crippen LogP contribution is -2.33. The second-order valence-corrected chi connectivity index (χ2v) is 5.58. The first kappa shape index (κ1) is 12.9. The first-order valence-electron chi connectivity index (χ1n) is 7.19. The number of tetrazole rings is 1. The molecule has 0 saturated heterocycles. The number of hydrogen-bond donors (Lipinski definition) is 2. The summed E-state index contributed by atoms with van der Waals surface area (Å²) in [5.41, 5.74) is 2.46. The van der Waals surface area contributed by atoms with Gasteiger partial charge < -0.3 is 9.88 Å². The summed E-state index contributed by atoms with van der Waals surface area (Å²) in [4.78, 5) is 22.0. The van der Waals surface area contributed by atoms with Crippen LogP contribution in [0.25, 0.3) is 11.0 Å². The van der Waals surface area contributed by atoms with E-state index in [1.165, 1.54) is 0 Å². The number of pyridine rings is 1. The number of rotatable bonds is 4. The van der Waals surface area contributed by atoms with E-state index >= 15 is 0 Å². The molecule has 0 aliphatic heterocycles. The van der Waals surface area contributed by atoms with Crippen molar-refractivity contribution in [2.75, 3.05) is 0 Å². The summed E-state index contributed by atoms with van der Waals surface area (Å²) in [7, 11) is 0. The standard InChI is InChI=1S/C14H15N7O/c1-8-5-15-13-11(8)4-9(6-16-13)14(22)21(10-2-3-10)7-12-17-19-20-18-12/h4-6,10H,2-3,7H2,1H3,(H,15,16)(H,17,18,19,20). The molecule has 1 aliphatic rings. The maximum atomic E-state index is 12.8. The summed E-state index contributed by atoms with van der Waals surface area (Å²) in [5.74, 6) is 0.481. The molecule has 1 fully saturated rings. The van der Waals surface area contributed by atoms with Gasteiger partial charge in [0.05, 0.1) is 12.1 Å². The molecule has 22 heavy (non-hydrogen) atoms. The maximum Gasteiger partial charge on any atom is 0.256 e. The number of fused-ring (bicyclic) bond motifs is 1. The summed E-state index contributed by atoms with van der Waals surface area (Å²) < 4.78 is 0. The fraction of sp³-hybridized carbons (Fsp3) is 0.357. The smallest absolute Gasteiger partial charge is 0.256 e. The number of aromatic nitrogens is 6. The summed E-state index contributed by atoms with van der Waals surface area (Å²) in [6.45, 7) is 2.36. The molecule has 8 heteroatoms. The lowest BCUT2D eigenvalue weighted by molar-refractivity contribution is 0.0725. The molecular formula is C14H15N7O. The van der Waals surface area contributed by atoms with Crippen LogP contribution >= 0.6 is 0 Å². The van der Waals surface area contributed by atoms with Crippen molar-refractivity contribution in [1.82, 2.24) is 35.5 Å². The van der Waals surface area contributed by atoms with Gasteiger partial charge >= 0.3 is 0 Å². The van der Waals surface area contributed by atoms with E-state index in [4.69, 9.17) is 0 Å². The van der Waals surface area contributed by atoms with E-state index in [9.17, 15) is 4.79 Å². The van der Waals surface area contributed by atoms with E-state index in [0.717, 1.165) is 29.4 Å². The molecule has 4 rings (SSSR count). The third kappa shape index (κ3) is 2.22. The Morgan fingerprint density at radius 2 is 2.32 bits per heavy atom. The van der Waals surface area contributed by atoms with Gasteiger partial charge in [0.15, 0.2) is 5.82 Å². The molecule has 8 nitrogen and oxygen atoms in total. The van der Waals surface area contributed by atoms with Crippen LogP contribution in [0, 0.1) is 6.92 Å². The van der Waals surface area contributed by atoms with Crippen LogP contribution in [0.3, 0.4) is 0 Å². The lowest BCUT2D eigenvalue weighted by atomic mass is 10.1. The van der Waals surface area contributed by atoms with E-state index in [0.29, 0.717) is 17.9 Å². The van der Waals surface area contributed by atoms with Crippen LogP contribution < -0.4 is 0 Å². The topological polar surface area (TPSA) is 103 Å². The molecule has 0 radical (unpaired) electrons. The Morgan fingerprint density at radius 1 is 1.45 bits per heavy atom. The van der Waals surface area contributed by atoms with Crippen molar-refractivity contribution in [3.63, 3.8) is 0 Å². The first-order chi connectivity index (χ1) is 10.7. The Kier molecular flexibility index (Phi) is 2.88. The van der Waals surface area contributed by atoms with Crippen molar-refractivity contribution >= 4 is 16.9 Å². The van der Waals surface area contributed by atoms with Crippen LogP contribution in [0.15, 0.2) is 18.5 Å². The number of carbonyl (C=O) groups is 1. The zero-order valence-electron chi connectivity index (χ0n) is 12.1. The third-order valence-corrected chi connectivity index (χ3v) is 3.93. The van der Waals surface area contributed by atoms with Gasteiger partial charge in [-0.25, -0.2) is 4.98 Å². The highest BCUT2D eigenvalue weighted by Gasteiger charge is 2.34. The van der Waals surface area contributed by atoms with Crippen molar-refractivity contribution in [2.45, 2.75) is 32.4 Å². The van der Waals surface area contributed by atoms with Gasteiger partial charge in [-0.2, -0.15) is 5.21 Å². The summed E-state index contributed by atoms with van der Waals surface area (Å²) in [5, 5.41) is 14.8. The Hall–Kier alpha value is -2.77. The molecule has 0 aromatic carbocycles. The number of hydrogen-bond acceptors (Lipinski definition) is 5. The van der Waals surface area contributed by atoms with Crippen molar-refractivity contribution in [3.05, 3.63) is 35.4 Å². The molecule has 1 amide bonds. The normalized spacial score (nSPS) is 14.4. The van der Waals surface area contributed by atoms with Crippen LogP contribution in [0.4, 0.5) is 0 Å². The zero-order chi connectivity index (χ0) is 15.1. The molecule has 2 N–H and O–H groups in total. The van der Waals surface area contributed by atoms with Gasteiger partial charge in [-0.15, -0.1) is 10.2 Å². The van der Waals surface area contributed by atoms with Gasteiger partial charge in [-0.3, -0.25) is 4.79 Å². The third-order valence-electron chi connectivity index (χ3n) is 3.93. The molecule has 3 heterocycles. The summed E-state index contributed by atoms with van der Waals surface area (Å²) in [6, 6.07) is 2.15. The van der Waals surface area contributed by atoms with Crippen molar-refractivity contribution in [1.29, 1.82) is 0 Å². The highest BCUT2D eigenvalue weighted by molar-refractivity contribution is 5.97. The highest BCUT2D eigenvalue weighted by atomic mass is 16.2. The van der Waals surface area contributed by atoms with E-state index in [1.54, 1.807) is 11.1 Å². The first-order valence-corrected chi connectivity index (χ1v) is 7.19. The minimum atomic E-state index is -0.0395. The average Bonchev–Trinajstić information content (AvgIpc) is 3.12. The molecule has 0 bridgehead atoms. The molecule has 112 valence electrons. The van der Waals surface area contributed by atoms with Crippen LogP contribution in [-0.4, -0.2) is 47.4 Å². The predicted octanol–water partition coefficient (Wildman–Crippen LogP) is 1.19. The van der Waals surface area contributed by atoms with Crippen LogP contribution in [0.2, 0.25) is 0 Å². The van der Waals surface area contributed by atoms with Crippen LogP contribution in [0.5, 0.6) is 0 Å². The molecule has 0 atom stereocenters. The van der Waals surface area contributed by atoms with E-state index in [2.05, 4.69) is 30.6 Å². The van der Waals surface area contributed by atoms with E-state index in [-0.39, 0.29) is 11.9 Å². The van der Waals surface area contributed by atoms with E-state index < -0.39 is 0 Å². The Bertz CT molecular complexity index is 819. The van der Waals surface area contributed by atoms with Gasteiger partial charge in [0.2, 0.25) is 0 Å². The number of nitrogens with one attached hydrogen (secondary N) is 2. The SMILES string of the molecule is Cc1c[nH]c2ncc(C(=O)N(Cc3nn[nH]n3)C3CC3)cc12. The predicted molar refractivity (Wildman–Crippen MR) is 77.9 cm³/mol. The molecule has 1 aliphatic carbocycles. The number of H-pyrrole nitrogens is 2. The Balaban J connectivity index is 1.65. The average molecular weight is 297 g/mol. The van der Waals surface area contributed by atoms with Gasteiger partial charge in [-0.1, -0.05) is 5.21 Å². The zero-order valence-corrected chi connectivity index (χ0v) is 12.1. The van der Waals surface area contributed by atoms with Gasteiger partial charge in [0.1, 0.15) is 5.65 Å². The number of nitrogens with zero attached hydrogens (tertiary/aromatic N) is 5. The van der Waals surface area contributed by atoms with Gasteiger partial charge in [0, 0.05) is 23.8 Å². The van der Waals surface area contributed by atoms with Crippen LogP contribution in [-0.2, 0) is 6.54 Å². The quantitative estimate of drug-likeness (QED) is 0.753. The Morgan fingerprint density at radius 3 is 3.05 bits per heavy atom. The minimum Gasteiger partial charge on any atom is -0.346 e. The second kappa shape index (κ2) is 4.90. The van der Waals surface area contributed by atoms with Gasteiger partial charge in [0.25, 0.3) is 5.91 Å². The summed E-state index contributed by atoms with van der Waals surface area (Å²) >= 11 is 0. The minimum absolute atomic E-state index is 0.0395. The highest BCUT2D eigenvalue weighted by Crippen LogP contribution is 2.29. The largest absolute Gasteiger partial charge is 0.346 e. The van der Waals surface area contributed by atoms with Crippen molar-refractivity contribution in [3.8, 4) is 0 Å². The molecule has 3 aromatic heterocycles. The van der Waals surface area contributed by atoms with Crippen molar-refractivity contribution < 1.29 is 4.79 Å². The Labute approximate surface area is 125 Å². The van der Waals surface area contributed by atoms with Gasteiger partial charge in [-0.05, 0) is 31.4 Å². The maximum absolute atomic E-state index is 12.8. The van der Waals surface area contributed by atoms with Crippen molar-refractivity contribution in [2.24, 2.45) is 0 Å². The van der Waals surface area contributed by atoms with Crippen LogP contribution in [0.1, 0.15) is 34.6 Å². The fourth-order valence-corrected chi connectivity index (χ4v) is 2.57. The number of amides is 1. The summed E-state index contributed by atoms with van der Waals surface area (Å²) in [6.07, 6.45) is 5.54. The monoisotopic (exact) mass is 297 g/mol. The number of carbonyl (C=O) groups excluding carboxylic acids is 1. The second-order valence-electron chi connectivity index (χ2n) is 5.58. The number of aromatic amines is 2. The number of aryl methyl sites for hydroxylation is 1. The lowest BCUT2D eigenvalue weighted by Gasteiger charge is -2.20. The van der Waals surface area contributed by atoms with E-state index in [1.807, 2.05) is 19.2 Å².